The highest BCUT2D eigenvalue weighted by Gasteiger charge is 2.24. The molecular weight excluding hydrogens is 508 g/mol. The van der Waals surface area contributed by atoms with Crippen LogP contribution in [0.5, 0.6) is 0 Å². The lowest BCUT2D eigenvalue weighted by atomic mass is 9.78. The molecular formula is C32H42N2O4S. The molecule has 0 saturated carbocycles. The first-order valence-corrected chi connectivity index (χ1v) is 14.5. The minimum atomic E-state index is -3.90. The van der Waals surface area contributed by atoms with Crippen LogP contribution in [-0.4, -0.2) is 27.2 Å². The summed E-state index contributed by atoms with van der Waals surface area (Å²) in [5.74, 6) is -0.371. The van der Waals surface area contributed by atoms with E-state index in [4.69, 9.17) is 6.11 Å². The van der Waals surface area contributed by atoms with Crippen molar-refractivity contribution in [3.05, 3.63) is 94.6 Å². The van der Waals surface area contributed by atoms with E-state index in [1.165, 1.54) is 18.2 Å². The van der Waals surface area contributed by atoms with Gasteiger partial charge in [-0.25, -0.2) is 9.63 Å². The molecule has 0 saturated heterocycles. The van der Waals surface area contributed by atoms with Crippen LogP contribution in [0.2, 0.25) is 0 Å². The lowest BCUT2D eigenvalue weighted by molar-refractivity contribution is -0.137. The summed E-state index contributed by atoms with van der Waals surface area (Å²) in [4.78, 5) is 14.0. The SMILES string of the molecule is [3H]/C(=N\NS(=O)(=O)c1ccc(C)cc1)C(C)(C)c1cc(/C(C)=C/C=C/C(C)=C/C(=O)OCC)cc(C(C)(C)C)c1. The van der Waals surface area contributed by atoms with E-state index in [9.17, 15) is 13.2 Å². The number of ether oxygens (including phenoxy) is 1. The van der Waals surface area contributed by atoms with Gasteiger partial charge in [-0.1, -0.05) is 88.7 Å². The van der Waals surface area contributed by atoms with Crippen LogP contribution in [0.1, 0.15) is 79.0 Å². The van der Waals surface area contributed by atoms with Gasteiger partial charge in [-0.15, -0.1) is 0 Å². The molecule has 0 heterocycles. The summed E-state index contributed by atoms with van der Waals surface area (Å²) in [6.07, 6.45) is 7.03. The second-order valence-corrected chi connectivity index (χ2v) is 12.8. The van der Waals surface area contributed by atoms with Gasteiger partial charge < -0.3 is 4.74 Å². The highest BCUT2D eigenvalue weighted by molar-refractivity contribution is 7.89. The molecule has 2 aromatic carbocycles. The van der Waals surface area contributed by atoms with Gasteiger partial charge in [0, 0.05) is 17.7 Å². The number of rotatable bonds is 10. The fraction of sp³-hybridized carbons (Fsp3) is 0.375. The van der Waals surface area contributed by atoms with Crippen LogP contribution >= 0.6 is 0 Å². The van der Waals surface area contributed by atoms with E-state index in [1.54, 1.807) is 19.1 Å². The van der Waals surface area contributed by atoms with E-state index in [-0.39, 0.29) is 22.5 Å². The van der Waals surface area contributed by atoms with Crippen LogP contribution in [0.25, 0.3) is 5.57 Å². The van der Waals surface area contributed by atoms with Gasteiger partial charge in [0.1, 0.15) is 0 Å². The largest absolute Gasteiger partial charge is 0.463 e. The third kappa shape index (κ3) is 9.66. The van der Waals surface area contributed by atoms with E-state index in [0.29, 0.717) is 6.61 Å². The Morgan fingerprint density at radius 1 is 1.05 bits per heavy atom. The number of carbonyl (C=O) groups excluding carboxylic acids is 1. The Labute approximate surface area is 236 Å². The summed E-state index contributed by atoms with van der Waals surface area (Å²) in [5, 5.41) is 3.99. The van der Waals surface area contributed by atoms with Crippen molar-refractivity contribution in [3.63, 3.8) is 0 Å². The highest BCUT2D eigenvalue weighted by atomic mass is 32.2. The quantitative estimate of drug-likeness (QED) is 0.113. The number of esters is 1. The molecule has 0 spiro atoms. The summed E-state index contributed by atoms with van der Waals surface area (Å²) < 4.78 is 39.1. The fourth-order valence-corrected chi connectivity index (χ4v) is 4.33. The van der Waals surface area contributed by atoms with Crippen molar-refractivity contribution in [2.45, 2.75) is 78.0 Å². The first-order valence-electron chi connectivity index (χ1n) is 13.5. The normalized spacial score (nSPS) is 14.4. The van der Waals surface area contributed by atoms with Crippen molar-refractivity contribution in [2.75, 3.05) is 6.61 Å². The lowest BCUT2D eigenvalue weighted by Gasteiger charge is -2.26. The number of benzene rings is 2. The second-order valence-electron chi connectivity index (χ2n) is 11.2. The number of allylic oxidation sites excluding steroid dienone is 5. The molecule has 0 radical (unpaired) electrons. The van der Waals surface area contributed by atoms with Crippen LogP contribution < -0.4 is 4.83 Å². The minimum Gasteiger partial charge on any atom is -0.463 e. The van der Waals surface area contributed by atoms with Gasteiger partial charge in [0.25, 0.3) is 10.0 Å². The van der Waals surface area contributed by atoms with Crippen molar-refractivity contribution >= 4 is 27.8 Å². The molecule has 0 aliphatic heterocycles. The summed E-state index contributed by atoms with van der Waals surface area (Å²) in [7, 11) is -3.90. The van der Waals surface area contributed by atoms with Crippen LogP contribution in [0.4, 0.5) is 0 Å². The summed E-state index contributed by atoms with van der Waals surface area (Å²) in [6.45, 7) is 17.9. The van der Waals surface area contributed by atoms with E-state index in [0.717, 1.165) is 33.4 Å². The van der Waals surface area contributed by atoms with Gasteiger partial charge in [0.15, 0.2) is 0 Å². The Balaban J connectivity index is 2.44. The molecule has 2 aromatic rings. The number of hydrogen-bond acceptors (Lipinski definition) is 5. The summed E-state index contributed by atoms with van der Waals surface area (Å²) in [5.41, 5.74) is 4.55. The summed E-state index contributed by atoms with van der Waals surface area (Å²) >= 11 is 0. The van der Waals surface area contributed by atoms with Crippen LogP contribution in [0.15, 0.2) is 82.3 Å². The molecule has 0 fully saturated rings. The van der Waals surface area contributed by atoms with E-state index >= 15 is 0 Å². The van der Waals surface area contributed by atoms with Crippen molar-refractivity contribution in [2.24, 2.45) is 5.10 Å². The van der Waals surface area contributed by atoms with Gasteiger partial charge in [-0.2, -0.15) is 13.5 Å². The molecule has 0 aliphatic rings. The van der Waals surface area contributed by atoms with E-state index in [1.807, 2.05) is 58.9 Å². The molecule has 0 aromatic heterocycles. The predicted octanol–water partition coefficient (Wildman–Crippen LogP) is 7.00. The molecule has 2 rings (SSSR count). The maximum atomic E-state index is 12.7. The Morgan fingerprint density at radius 2 is 1.67 bits per heavy atom. The first-order chi connectivity index (χ1) is 18.5. The Hall–Kier alpha value is -3.45. The number of carbonyl (C=O) groups is 1. The van der Waals surface area contributed by atoms with Crippen LogP contribution in [-0.2, 0) is 30.4 Å². The maximum absolute atomic E-state index is 12.7. The fourth-order valence-electron chi connectivity index (χ4n) is 3.56. The predicted molar refractivity (Wildman–Crippen MR) is 161 cm³/mol. The van der Waals surface area contributed by atoms with Gasteiger partial charge in [0.2, 0.25) is 0 Å². The smallest absolute Gasteiger partial charge is 0.330 e. The molecule has 1 N–H and O–H groups in total. The number of aryl methyl sites for hydroxylation is 1. The molecule has 6 nitrogen and oxygen atoms in total. The number of nitrogens with zero attached hydrogens (tertiary/aromatic N) is 1. The highest BCUT2D eigenvalue weighted by Crippen LogP contribution is 2.32. The van der Waals surface area contributed by atoms with Crippen LogP contribution in [0.3, 0.4) is 0 Å². The molecule has 39 heavy (non-hydrogen) atoms. The number of nitrogens with one attached hydrogen (secondary N) is 1. The molecule has 0 amide bonds. The molecule has 210 valence electrons. The molecule has 0 atom stereocenters. The Kier molecular flexibility index (Phi) is 10.1. The number of hydrogen-bond donors (Lipinski definition) is 1. The number of sulfonamides is 1. The third-order valence-electron chi connectivity index (χ3n) is 6.15. The zero-order valence-corrected chi connectivity index (χ0v) is 25.4. The standard InChI is InChI=1S/C32H42N2O4S/c1-10-38-30(35)18-24(3)12-11-13-25(4)26-19-27(31(5,6)7)21-28(20-26)32(8,9)22-33-34-39(36,37)29-16-14-23(2)15-17-29/h11-22,34H,10H2,1-9H3/b12-11+,24-18+,25-13+,33-22+/i22T. The van der Waals surface area contributed by atoms with Crippen LogP contribution in [0, 0.1) is 6.92 Å². The minimum absolute atomic E-state index is 0.0885. The molecule has 7 heteroatoms. The van der Waals surface area contributed by atoms with Gasteiger partial charge >= 0.3 is 5.97 Å². The van der Waals surface area contributed by atoms with Gasteiger partial charge in [-0.3, -0.25) is 0 Å². The average molecular weight is 553 g/mol. The Bertz CT molecular complexity index is 1440. The topological polar surface area (TPSA) is 84.8 Å². The maximum Gasteiger partial charge on any atom is 0.330 e. The first kappa shape index (κ1) is 30.1. The molecule has 0 bridgehead atoms. The second kappa shape index (κ2) is 13.1. The third-order valence-corrected chi connectivity index (χ3v) is 7.37. The Morgan fingerprint density at radius 3 is 2.26 bits per heavy atom. The zero-order valence-electron chi connectivity index (χ0n) is 25.5. The zero-order chi connectivity index (χ0) is 30.3. The van der Waals surface area contributed by atoms with Gasteiger partial charge in [0.05, 0.1) is 12.9 Å². The van der Waals surface area contributed by atoms with Crippen molar-refractivity contribution < 1.29 is 19.3 Å². The van der Waals surface area contributed by atoms with Crippen molar-refractivity contribution in [1.82, 2.24) is 4.83 Å². The number of hydrazone groups is 1. The monoisotopic (exact) mass is 552 g/mol. The molecule has 0 aliphatic carbocycles. The molecule has 0 unspecified atom stereocenters. The van der Waals surface area contributed by atoms with Crippen molar-refractivity contribution in [1.29, 1.82) is 0 Å². The van der Waals surface area contributed by atoms with E-state index in [2.05, 4.69) is 42.8 Å². The van der Waals surface area contributed by atoms with Gasteiger partial charge in [-0.05, 0) is 73.1 Å². The average Bonchev–Trinajstić information content (AvgIpc) is 2.86. The lowest BCUT2D eigenvalue weighted by Crippen LogP contribution is -2.25. The van der Waals surface area contributed by atoms with E-state index < -0.39 is 15.4 Å². The van der Waals surface area contributed by atoms with Crippen molar-refractivity contribution in [3.8, 4) is 0 Å². The summed E-state index contributed by atoms with van der Waals surface area (Å²) in [6, 6.07) is 12.6.